The normalized spacial score (nSPS) is 8.94. The summed E-state index contributed by atoms with van der Waals surface area (Å²) in [5.41, 5.74) is 6.47. The van der Waals surface area contributed by atoms with Crippen molar-refractivity contribution < 1.29 is 0 Å². The van der Waals surface area contributed by atoms with E-state index in [1.165, 1.54) is 5.56 Å². The van der Waals surface area contributed by atoms with Crippen LogP contribution in [0.15, 0.2) is 43.0 Å². The van der Waals surface area contributed by atoms with Gasteiger partial charge in [0.1, 0.15) is 0 Å². The molecule has 0 aliphatic heterocycles. The Morgan fingerprint density at radius 1 is 1.44 bits per heavy atom. The van der Waals surface area contributed by atoms with E-state index in [0.717, 1.165) is 0 Å². The van der Waals surface area contributed by atoms with Gasteiger partial charge in [0.2, 0.25) is 0 Å². The van der Waals surface area contributed by atoms with E-state index >= 15 is 0 Å². The van der Waals surface area contributed by atoms with Crippen LogP contribution in [0, 0.1) is 0 Å². The SMILES string of the molecule is C=CCNC(N)=S.CC(C)c1ccccc1. The first-order valence-corrected chi connectivity index (χ1v) is 5.68. The van der Waals surface area contributed by atoms with Crippen molar-refractivity contribution in [3.63, 3.8) is 0 Å². The van der Waals surface area contributed by atoms with Gasteiger partial charge in [0, 0.05) is 6.54 Å². The van der Waals surface area contributed by atoms with Gasteiger partial charge in [0.05, 0.1) is 0 Å². The molecule has 3 N–H and O–H groups in total. The Hall–Kier alpha value is -1.35. The van der Waals surface area contributed by atoms with Crippen molar-refractivity contribution in [2.75, 3.05) is 6.54 Å². The van der Waals surface area contributed by atoms with Crippen LogP contribution in [-0.4, -0.2) is 11.7 Å². The zero-order chi connectivity index (χ0) is 12.4. The zero-order valence-corrected chi connectivity index (χ0v) is 10.8. The summed E-state index contributed by atoms with van der Waals surface area (Å²) in [6.45, 7) is 8.51. The molecule has 0 spiro atoms. The molecule has 1 rings (SSSR count). The Morgan fingerprint density at radius 2 is 2.00 bits per heavy atom. The number of benzene rings is 1. The smallest absolute Gasteiger partial charge is 0.163 e. The highest BCUT2D eigenvalue weighted by atomic mass is 32.1. The van der Waals surface area contributed by atoms with Gasteiger partial charge in [0.15, 0.2) is 5.11 Å². The van der Waals surface area contributed by atoms with Crippen LogP contribution >= 0.6 is 12.2 Å². The number of nitrogens with one attached hydrogen (secondary N) is 1. The molecule has 0 atom stereocenters. The lowest BCUT2D eigenvalue weighted by Crippen LogP contribution is -2.28. The molecule has 0 aliphatic carbocycles. The van der Waals surface area contributed by atoms with E-state index in [-0.39, 0.29) is 0 Å². The van der Waals surface area contributed by atoms with Crippen LogP contribution in [0.2, 0.25) is 0 Å². The Morgan fingerprint density at radius 3 is 2.25 bits per heavy atom. The van der Waals surface area contributed by atoms with Crippen LogP contribution in [0.3, 0.4) is 0 Å². The van der Waals surface area contributed by atoms with E-state index in [0.29, 0.717) is 17.6 Å². The highest BCUT2D eigenvalue weighted by Crippen LogP contribution is 2.11. The molecule has 16 heavy (non-hydrogen) atoms. The summed E-state index contributed by atoms with van der Waals surface area (Å²) in [5.74, 6) is 0.659. The third-order valence-electron chi connectivity index (χ3n) is 1.89. The van der Waals surface area contributed by atoms with E-state index in [4.69, 9.17) is 5.73 Å². The summed E-state index contributed by atoms with van der Waals surface area (Å²) in [6.07, 6.45) is 1.69. The standard InChI is InChI=1S/C9H12.C4H8N2S/c1-8(2)9-6-4-3-5-7-9;1-2-3-6-4(5)7/h3-8H,1-2H3;2H,1,3H2,(H3,5,6,7). The topological polar surface area (TPSA) is 38.0 Å². The molecular formula is C13H20N2S. The van der Waals surface area contributed by atoms with Crippen LogP contribution < -0.4 is 11.1 Å². The van der Waals surface area contributed by atoms with Gasteiger partial charge in [-0.05, 0) is 23.7 Å². The summed E-state index contributed by atoms with van der Waals surface area (Å²) in [7, 11) is 0. The first-order chi connectivity index (χ1) is 7.57. The lowest BCUT2D eigenvalue weighted by molar-refractivity contribution is 0.867. The molecule has 0 aromatic heterocycles. The molecule has 88 valence electrons. The van der Waals surface area contributed by atoms with E-state index in [2.05, 4.69) is 62.2 Å². The van der Waals surface area contributed by atoms with E-state index in [1.54, 1.807) is 6.08 Å². The lowest BCUT2D eigenvalue weighted by atomic mass is 10.0. The number of rotatable bonds is 3. The Kier molecular flexibility index (Phi) is 8.17. The van der Waals surface area contributed by atoms with Crippen LogP contribution in [0.1, 0.15) is 25.3 Å². The molecule has 0 saturated carbocycles. The van der Waals surface area contributed by atoms with Crippen LogP contribution in [0.5, 0.6) is 0 Å². The van der Waals surface area contributed by atoms with Gasteiger partial charge in [-0.1, -0.05) is 50.3 Å². The third-order valence-corrected chi connectivity index (χ3v) is 2.03. The Labute approximate surface area is 104 Å². The highest BCUT2D eigenvalue weighted by molar-refractivity contribution is 7.80. The predicted molar refractivity (Wildman–Crippen MR) is 75.5 cm³/mol. The maximum absolute atomic E-state index is 5.05. The number of hydrogen-bond acceptors (Lipinski definition) is 1. The summed E-state index contributed by atoms with van der Waals surface area (Å²) < 4.78 is 0. The molecule has 1 aromatic carbocycles. The molecule has 0 heterocycles. The molecule has 0 radical (unpaired) electrons. The van der Waals surface area contributed by atoms with Gasteiger partial charge >= 0.3 is 0 Å². The van der Waals surface area contributed by atoms with Gasteiger partial charge in [-0.15, -0.1) is 6.58 Å². The highest BCUT2D eigenvalue weighted by Gasteiger charge is 1.93. The maximum Gasteiger partial charge on any atom is 0.163 e. The molecule has 0 aliphatic rings. The van der Waals surface area contributed by atoms with Crippen molar-refractivity contribution in [3.8, 4) is 0 Å². The predicted octanol–water partition coefficient (Wildman–Crippen LogP) is 2.82. The Bertz CT molecular complexity index is 307. The summed E-state index contributed by atoms with van der Waals surface area (Å²) in [4.78, 5) is 0. The first-order valence-electron chi connectivity index (χ1n) is 5.27. The fourth-order valence-corrected chi connectivity index (χ4v) is 1.09. The molecule has 0 fully saturated rings. The molecule has 3 heteroatoms. The molecule has 2 nitrogen and oxygen atoms in total. The molecule has 0 bridgehead atoms. The van der Waals surface area contributed by atoms with Crippen molar-refractivity contribution in [1.29, 1.82) is 0 Å². The fraction of sp³-hybridized carbons (Fsp3) is 0.308. The van der Waals surface area contributed by atoms with E-state index < -0.39 is 0 Å². The first kappa shape index (κ1) is 14.6. The van der Waals surface area contributed by atoms with Crippen molar-refractivity contribution in [2.24, 2.45) is 5.73 Å². The average molecular weight is 236 g/mol. The second-order valence-corrected chi connectivity index (χ2v) is 4.04. The van der Waals surface area contributed by atoms with E-state index in [1.807, 2.05) is 6.07 Å². The summed E-state index contributed by atoms with van der Waals surface area (Å²) >= 11 is 4.48. The van der Waals surface area contributed by atoms with Crippen LogP contribution in [0.25, 0.3) is 0 Å². The molecule has 0 saturated heterocycles. The molecule has 0 amide bonds. The van der Waals surface area contributed by atoms with Crippen molar-refractivity contribution in [2.45, 2.75) is 19.8 Å². The molecular weight excluding hydrogens is 216 g/mol. The monoisotopic (exact) mass is 236 g/mol. The maximum atomic E-state index is 5.05. The second kappa shape index (κ2) is 8.92. The van der Waals surface area contributed by atoms with Crippen molar-refractivity contribution in [1.82, 2.24) is 5.32 Å². The number of thiocarbonyl (C=S) groups is 1. The average Bonchev–Trinajstić information content (AvgIpc) is 2.28. The van der Waals surface area contributed by atoms with Crippen LogP contribution in [-0.2, 0) is 0 Å². The lowest BCUT2D eigenvalue weighted by Gasteiger charge is -2.01. The minimum Gasteiger partial charge on any atom is -0.376 e. The minimum atomic E-state index is 0.319. The van der Waals surface area contributed by atoms with Gasteiger partial charge < -0.3 is 11.1 Å². The van der Waals surface area contributed by atoms with Gasteiger partial charge in [-0.3, -0.25) is 0 Å². The van der Waals surface area contributed by atoms with Gasteiger partial charge in [-0.25, -0.2) is 0 Å². The molecule has 0 unspecified atom stereocenters. The van der Waals surface area contributed by atoms with Crippen molar-refractivity contribution >= 4 is 17.3 Å². The summed E-state index contributed by atoms with van der Waals surface area (Å²) in [5, 5.41) is 3.01. The van der Waals surface area contributed by atoms with Crippen LogP contribution in [0.4, 0.5) is 0 Å². The second-order valence-electron chi connectivity index (χ2n) is 3.60. The largest absolute Gasteiger partial charge is 0.376 e. The van der Waals surface area contributed by atoms with Gasteiger partial charge in [0.25, 0.3) is 0 Å². The minimum absolute atomic E-state index is 0.319. The quantitative estimate of drug-likeness (QED) is 0.626. The Balaban J connectivity index is 0.000000293. The summed E-state index contributed by atoms with van der Waals surface area (Å²) in [6, 6.07) is 10.5. The van der Waals surface area contributed by atoms with E-state index in [9.17, 15) is 0 Å². The zero-order valence-electron chi connectivity index (χ0n) is 9.94. The fourth-order valence-electron chi connectivity index (χ4n) is 1.01. The molecule has 1 aromatic rings. The number of nitrogens with two attached hydrogens (primary N) is 1. The third kappa shape index (κ3) is 8.00. The van der Waals surface area contributed by atoms with Crippen molar-refractivity contribution in [3.05, 3.63) is 48.6 Å². The van der Waals surface area contributed by atoms with Gasteiger partial charge in [-0.2, -0.15) is 0 Å². The number of hydrogen-bond donors (Lipinski definition) is 2.